The van der Waals surface area contributed by atoms with Crippen molar-refractivity contribution < 1.29 is 17.9 Å². The Hall–Kier alpha value is -2.33. The van der Waals surface area contributed by atoms with E-state index in [0.717, 1.165) is 36.4 Å². The highest BCUT2D eigenvalue weighted by Gasteiger charge is 2.29. The molecule has 0 fully saturated rings. The van der Waals surface area contributed by atoms with E-state index in [4.69, 9.17) is 39.5 Å². The van der Waals surface area contributed by atoms with Crippen molar-refractivity contribution in [3.05, 3.63) is 92.4 Å². The summed E-state index contributed by atoms with van der Waals surface area (Å²) in [5.74, 6) is 1.09. The number of hydrogen-bond donors (Lipinski definition) is 3. The van der Waals surface area contributed by atoms with Crippen molar-refractivity contribution in [3.8, 4) is 5.75 Å². The van der Waals surface area contributed by atoms with Gasteiger partial charge >= 0.3 is 0 Å². The summed E-state index contributed by atoms with van der Waals surface area (Å²) in [7, 11) is -4.16. The molecule has 0 radical (unpaired) electrons. The third-order valence-corrected chi connectivity index (χ3v) is 9.49. The SMILES string of the molecule is CC(C)CCNCc1ccc2c(c1)OCCC2NC(=O)CC(NS(=O)(=O)c1cc(Cl)c(Cl)cc1Cl)c1ccccc1. The second kappa shape index (κ2) is 14.2. The molecule has 220 valence electrons. The zero-order valence-corrected chi connectivity index (χ0v) is 26.0. The van der Waals surface area contributed by atoms with Crippen molar-refractivity contribution in [3.63, 3.8) is 0 Å². The molecule has 41 heavy (non-hydrogen) atoms. The highest BCUT2D eigenvalue weighted by molar-refractivity contribution is 7.89. The van der Waals surface area contributed by atoms with Gasteiger partial charge in [0.25, 0.3) is 0 Å². The van der Waals surface area contributed by atoms with Crippen molar-refractivity contribution in [1.29, 1.82) is 0 Å². The number of nitrogens with one attached hydrogen (secondary N) is 3. The van der Waals surface area contributed by atoms with Crippen LogP contribution in [0.25, 0.3) is 0 Å². The number of ether oxygens (including phenoxy) is 1. The topological polar surface area (TPSA) is 96.5 Å². The Morgan fingerprint density at radius 2 is 1.73 bits per heavy atom. The van der Waals surface area contributed by atoms with Crippen LogP contribution in [-0.2, 0) is 21.4 Å². The van der Waals surface area contributed by atoms with E-state index in [1.165, 1.54) is 12.1 Å². The minimum absolute atomic E-state index is 0.0538. The van der Waals surface area contributed by atoms with Crippen molar-refractivity contribution in [2.45, 2.75) is 56.6 Å². The van der Waals surface area contributed by atoms with Gasteiger partial charge in [0.05, 0.1) is 33.8 Å². The molecule has 2 unspecified atom stereocenters. The van der Waals surface area contributed by atoms with E-state index in [1.54, 1.807) is 24.3 Å². The molecule has 1 amide bonds. The van der Waals surface area contributed by atoms with Gasteiger partial charge in [-0.15, -0.1) is 0 Å². The summed E-state index contributed by atoms with van der Waals surface area (Å²) < 4.78 is 35.2. The Morgan fingerprint density at radius 3 is 2.46 bits per heavy atom. The Morgan fingerprint density at radius 1 is 1.00 bits per heavy atom. The van der Waals surface area contributed by atoms with Gasteiger partial charge in [-0.3, -0.25) is 4.79 Å². The maximum atomic E-state index is 13.3. The molecule has 4 rings (SSSR count). The Balaban J connectivity index is 1.48. The molecule has 7 nitrogen and oxygen atoms in total. The molecule has 2 atom stereocenters. The molecular weight excluding hydrogens is 605 g/mol. The first-order chi connectivity index (χ1) is 19.5. The molecule has 3 aromatic rings. The molecule has 0 spiro atoms. The van der Waals surface area contributed by atoms with E-state index < -0.39 is 16.1 Å². The largest absolute Gasteiger partial charge is 0.493 e. The lowest BCUT2D eigenvalue weighted by atomic mass is 9.98. The molecule has 3 aromatic carbocycles. The van der Waals surface area contributed by atoms with Gasteiger partial charge in [0.1, 0.15) is 10.6 Å². The predicted molar refractivity (Wildman–Crippen MR) is 164 cm³/mol. The lowest BCUT2D eigenvalue weighted by Crippen LogP contribution is -2.36. The molecule has 0 saturated carbocycles. The Labute approximate surface area is 257 Å². The number of rotatable bonds is 12. The predicted octanol–water partition coefficient (Wildman–Crippen LogP) is 6.83. The van der Waals surface area contributed by atoms with Gasteiger partial charge in [-0.25, -0.2) is 13.1 Å². The number of halogens is 3. The molecule has 0 aliphatic carbocycles. The summed E-state index contributed by atoms with van der Waals surface area (Å²) in [6.07, 6.45) is 1.58. The maximum absolute atomic E-state index is 13.3. The molecule has 1 aliphatic heterocycles. The molecule has 0 aromatic heterocycles. The van der Waals surface area contributed by atoms with Crippen molar-refractivity contribution in [2.24, 2.45) is 5.92 Å². The molecule has 0 bridgehead atoms. The van der Waals surface area contributed by atoms with E-state index >= 15 is 0 Å². The number of amides is 1. The fraction of sp³-hybridized carbons (Fsp3) is 0.367. The third-order valence-electron chi connectivity index (χ3n) is 6.83. The maximum Gasteiger partial charge on any atom is 0.242 e. The lowest BCUT2D eigenvalue weighted by Gasteiger charge is -2.28. The number of hydrogen-bond acceptors (Lipinski definition) is 5. The first-order valence-electron chi connectivity index (χ1n) is 13.5. The van der Waals surface area contributed by atoms with Crippen LogP contribution >= 0.6 is 34.8 Å². The first-order valence-corrected chi connectivity index (χ1v) is 16.1. The lowest BCUT2D eigenvalue weighted by molar-refractivity contribution is -0.122. The summed E-state index contributed by atoms with van der Waals surface area (Å²) in [5, 5.41) is 6.66. The summed E-state index contributed by atoms with van der Waals surface area (Å²) in [4.78, 5) is 13.1. The monoisotopic (exact) mass is 637 g/mol. The van der Waals surface area contributed by atoms with Gasteiger partial charge in [0.15, 0.2) is 0 Å². The summed E-state index contributed by atoms with van der Waals surface area (Å²) in [5.41, 5.74) is 2.64. The average Bonchev–Trinajstić information content (AvgIpc) is 2.93. The van der Waals surface area contributed by atoms with Crippen LogP contribution in [0, 0.1) is 5.92 Å². The highest BCUT2D eigenvalue weighted by atomic mass is 35.5. The molecule has 0 saturated heterocycles. The third kappa shape index (κ3) is 8.60. The quantitative estimate of drug-likeness (QED) is 0.149. The fourth-order valence-electron chi connectivity index (χ4n) is 4.63. The number of fused-ring (bicyclic) bond motifs is 1. The standard InChI is InChI=1S/C30H34Cl3N3O4S/c1-19(2)10-12-34-18-20-8-9-22-26(11-13-40-28(22)14-20)35-30(37)17-27(21-6-4-3-5-7-21)36-41(38,39)29-16-24(32)23(31)15-25(29)33/h3-9,14-16,19,26-27,34,36H,10-13,17-18H2,1-2H3,(H,35,37). The van der Waals surface area contributed by atoms with Gasteiger partial charge in [-0.1, -0.05) is 91.1 Å². The second-order valence-electron chi connectivity index (χ2n) is 10.5. The van der Waals surface area contributed by atoms with Crippen molar-refractivity contribution >= 4 is 50.7 Å². The Bertz CT molecular complexity index is 1470. The van der Waals surface area contributed by atoms with Crippen LogP contribution in [0.2, 0.25) is 15.1 Å². The number of benzene rings is 3. The van der Waals surface area contributed by atoms with Crippen molar-refractivity contribution in [2.75, 3.05) is 13.2 Å². The van der Waals surface area contributed by atoms with Gasteiger partial charge in [-0.05, 0) is 48.2 Å². The average molecular weight is 639 g/mol. The minimum Gasteiger partial charge on any atom is -0.493 e. The van der Waals surface area contributed by atoms with Crippen LogP contribution in [0.15, 0.2) is 65.6 Å². The fourth-order valence-corrected chi connectivity index (χ4v) is 6.86. The second-order valence-corrected chi connectivity index (χ2v) is 13.4. The van der Waals surface area contributed by atoms with Crippen LogP contribution in [0.4, 0.5) is 0 Å². The highest BCUT2D eigenvalue weighted by Crippen LogP contribution is 2.34. The molecule has 11 heteroatoms. The van der Waals surface area contributed by atoms with E-state index in [1.807, 2.05) is 24.3 Å². The molecule has 3 N–H and O–H groups in total. The normalized spacial score (nSPS) is 15.7. The Kier molecular flexibility index (Phi) is 11.0. The van der Waals surface area contributed by atoms with E-state index in [-0.39, 0.29) is 38.3 Å². The zero-order valence-electron chi connectivity index (χ0n) is 22.9. The summed E-state index contributed by atoms with van der Waals surface area (Å²) in [6, 6.07) is 16.3. The zero-order chi connectivity index (χ0) is 29.6. The smallest absolute Gasteiger partial charge is 0.242 e. The van der Waals surface area contributed by atoms with Gasteiger partial charge in [0.2, 0.25) is 15.9 Å². The molecular formula is C30H34Cl3N3O4S. The van der Waals surface area contributed by atoms with Crippen LogP contribution < -0.4 is 20.1 Å². The number of carbonyl (C=O) groups excluding carboxylic acids is 1. The van der Waals surface area contributed by atoms with Crippen molar-refractivity contribution in [1.82, 2.24) is 15.4 Å². The van der Waals surface area contributed by atoms with Gasteiger partial charge < -0.3 is 15.4 Å². The van der Waals surface area contributed by atoms with E-state index in [9.17, 15) is 13.2 Å². The summed E-state index contributed by atoms with van der Waals surface area (Å²) >= 11 is 18.3. The van der Waals surface area contributed by atoms with Crippen LogP contribution in [0.1, 0.15) is 61.9 Å². The minimum atomic E-state index is -4.16. The van der Waals surface area contributed by atoms with Gasteiger partial charge in [0, 0.05) is 24.9 Å². The van der Waals surface area contributed by atoms with Crippen LogP contribution in [-0.4, -0.2) is 27.5 Å². The van der Waals surface area contributed by atoms with E-state index in [2.05, 4.69) is 29.2 Å². The molecule has 1 heterocycles. The summed E-state index contributed by atoms with van der Waals surface area (Å²) in [6.45, 7) is 6.54. The first kappa shape index (κ1) is 31.6. The number of sulfonamides is 1. The van der Waals surface area contributed by atoms with Gasteiger partial charge in [-0.2, -0.15) is 0 Å². The van der Waals surface area contributed by atoms with E-state index in [0.29, 0.717) is 24.5 Å². The molecule has 1 aliphatic rings. The van der Waals surface area contributed by atoms with Crippen LogP contribution in [0.3, 0.4) is 0 Å². The van der Waals surface area contributed by atoms with Crippen LogP contribution in [0.5, 0.6) is 5.75 Å². The number of carbonyl (C=O) groups is 1.